The van der Waals surface area contributed by atoms with Crippen LogP contribution < -0.4 is 5.32 Å². The lowest BCUT2D eigenvalue weighted by molar-refractivity contribution is 0.189. The molecule has 1 aliphatic carbocycles. The highest BCUT2D eigenvalue weighted by Crippen LogP contribution is 2.30. The van der Waals surface area contributed by atoms with Gasteiger partial charge in [-0.2, -0.15) is 11.8 Å². The van der Waals surface area contributed by atoms with E-state index in [1.54, 1.807) is 6.20 Å². The number of thioether (sulfide) groups is 1. The smallest absolute Gasteiger partial charge is 0.317 e. The van der Waals surface area contributed by atoms with Crippen LogP contribution in [0.5, 0.6) is 0 Å². The predicted octanol–water partition coefficient (Wildman–Crippen LogP) is 3.77. The molecule has 0 radical (unpaired) electrons. The number of hydrogen-bond donors (Lipinski definition) is 1. The van der Waals surface area contributed by atoms with Crippen molar-refractivity contribution in [2.45, 2.75) is 37.1 Å². The van der Waals surface area contributed by atoms with Crippen LogP contribution in [0, 0.1) is 0 Å². The van der Waals surface area contributed by atoms with Crippen LogP contribution in [0.2, 0.25) is 0 Å². The summed E-state index contributed by atoms with van der Waals surface area (Å²) in [7, 11) is 1.87. The summed E-state index contributed by atoms with van der Waals surface area (Å²) in [6.45, 7) is 0.300. The molecule has 0 bridgehead atoms. The normalized spacial score (nSPS) is 20.1. The van der Waals surface area contributed by atoms with Crippen molar-refractivity contribution in [3.63, 3.8) is 0 Å². The van der Waals surface area contributed by atoms with Gasteiger partial charge < -0.3 is 14.6 Å². The zero-order chi connectivity index (χ0) is 16.9. The summed E-state index contributed by atoms with van der Waals surface area (Å²) >= 11 is 1.89. The monoisotopic (exact) mass is 345 g/mol. The molecule has 5 nitrogen and oxygen atoms in total. The Morgan fingerprint density at radius 2 is 2.17 bits per heavy atom. The number of urea groups is 1. The van der Waals surface area contributed by atoms with Gasteiger partial charge in [0.05, 0.1) is 12.7 Å². The van der Waals surface area contributed by atoms with Gasteiger partial charge >= 0.3 is 6.03 Å². The summed E-state index contributed by atoms with van der Waals surface area (Å²) in [5.74, 6) is 1.23. The molecular weight excluding hydrogens is 322 g/mol. The van der Waals surface area contributed by atoms with E-state index in [1.807, 2.05) is 54.0 Å². The van der Waals surface area contributed by atoms with E-state index >= 15 is 0 Å². The van der Waals surface area contributed by atoms with Gasteiger partial charge in [0.25, 0.3) is 0 Å². The summed E-state index contributed by atoms with van der Waals surface area (Å²) in [6, 6.07) is 10.1. The Bertz CT molecular complexity index is 674. The van der Waals surface area contributed by atoms with Crippen LogP contribution in [0.4, 0.5) is 4.79 Å². The third kappa shape index (κ3) is 3.93. The van der Waals surface area contributed by atoms with Crippen molar-refractivity contribution in [3.8, 4) is 11.3 Å². The molecular formula is C18H23N3O2S. The molecule has 1 aliphatic rings. The SMILES string of the molecule is CS[C@H]1CC[C@H](N(C)C(=O)NCc2ncc(-c3ccccc3)o2)C1. The molecule has 0 unspecified atom stereocenters. The molecule has 1 saturated carbocycles. The van der Waals surface area contributed by atoms with Crippen LogP contribution in [0.1, 0.15) is 25.2 Å². The molecule has 24 heavy (non-hydrogen) atoms. The summed E-state index contributed by atoms with van der Waals surface area (Å²) in [4.78, 5) is 18.4. The van der Waals surface area contributed by atoms with Crippen LogP contribution in [0.25, 0.3) is 11.3 Å². The fourth-order valence-corrected chi connectivity index (χ4v) is 3.84. The van der Waals surface area contributed by atoms with E-state index in [1.165, 1.54) is 6.42 Å². The van der Waals surface area contributed by atoms with Crippen LogP contribution >= 0.6 is 11.8 Å². The summed E-state index contributed by atoms with van der Waals surface area (Å²) in [6.07, 6.45) is 7.17. The van der Waals surface area contributed by atoms with Crippen LogP contribution in [-0.2, 0) is 6.54 Å². The van der Waals surface area contributed by atoms with Crippen molar-refractivity contribution in [2.75, 3.05) is 13.3 Å². The lowest BCUT2D eigenvalue weighted by atomic mass is 10.2. The molecule has 2 amide bonds. The second-order valence-electron chi connectivity index (χ2n) is 6.08. The molecule has 1 heterocycles. The number of nitrogens with one attached hydrogen (secondary N) is 1. The lowest BCUT2D eigenvalue weighted by Crippen LogP contribution is -2.42. The molecule has 1 aromatic heterocycles. The Morgan fingerprint density at radius 1 is 1.38 bits per heavy atom. The second-order valence-corrected chi connectivity index (χ2v) is 7.22. The third-order valence-corrected chi connectivity index (χ3v) is 5.66. The van der Waals surface area contributed by atoms with Crippen molar-refractivity contribution in [3.05, 3.63) is 42.4 Å². The van der Waals surface area contributed by atoms with Crippen molar-refractivity contribution in [1.82, 2.24) is 15.2 Å². The Balaban J connectivity index is 1.52. The number of nitrogens with zero attached hydrogens (tertiary/aromatic N) is 2. The number of amides is 2. The largest absolute Gasteiger partial charge is 0.439 e. The standard InChI is InChI=1S/C18H23N3O2S/c1-21(14-8-9-15(10-14)24-2)18(22)20-12-17-19-11-16(23-17)13-6-4-3-5-7-13/h3-7,11,14-15H,8-10,12H2,1-2H3,(H,20,22)/t14-,15-/m0/s1. The van der Waals surface area contributed by atoms with Gasteiger partial charge in [-0.25, -0.2) is 9.78 Å². The molecule has 128 valence electrons. The average Bonchev–Trinajstić information content (AvgIpc) is 3.29. The number of benzene rings is 1. The Hall–Kier alpha value is -1.95. The summed E-state index contributed by atoms with van der Waals surface area (Å²) in [5.41, 5.74) is 0.980. The van der Waals surface area contributed by atoms with E-state index in [9.17, 15) is 4.79 Å². The maximum atomic E-state index is 12.3. The van der Waals surface area contributed by atoms with E-state index in [4.69, 9.17) is 4.42 Å². The first-order chi connectivity index (χ1) is 11.7. The van der Waals surface area contributed by atoms with Crippen LogP contribution in [0.3, 0.4) is 0 Å². The van der Waals surface area contributed by atoms with Crippen LogP contribution in [-0.4, -0.2) is 40.5 Å². The van der Waals surface area contributed by atoms with Gasteiger partial charge in [-0.05, 0) is 25.5 Å². The Labute approximate surface area is 146 Å². The number of carbonyl (C=O) groups is 1. The summed E-state index contributed by atoms with van der Waals surface area (Å²) in [5, 5.41) is 3.57. The molecule has 0 aliphatic heterocycles. The number of aromatic nitrogens is 1. The molecule has 1 fully saturated rings. The van der Waals surface area contributed by atoms with Crippen LogP contribution in [0.15, 0.2) is 40.9 Å². The topological polar surface area (TPSA) is 58.4 Å². The zero-order valence-electron chi connectivity index (χ0n) is 14.1. The Kier molecular flexibility index (Phi) is 5.45. The molecule has 1 N–H and O–H groups in total. The van der Waals surface area contributed by atoms with Gasteiger partial charge in [0.15, 0.2) is 5.76 Å². The van der Waals surface area contributed by atoms with Crippen molar-refractivity contribution < 1.29 is 9.21 Å². The maximum Gasteiger partial charge on any atom is 0.317 e. The molecule has 2 aromatic rings. The quantitative estimate of drug-likeness (QED) is 0.896. The minimum Gasteiger partial charge on any atom is -0.439 e. The first-order valence-electron chi connectivity index (χ1n) is 8.21. The van der Waals surface area contributed by atoms with Gasteiger partial charge in [-0.1, -0.05) is 30.3 Å². The highest BCUT2D eigenvalue weighted by Gasteiger charge is 2.29. The minimum absolute atomic E-state index is 0.0683. The molecule has 0 saturated heterocycles. The van der Waals surface area contributed by atoms with Crippen molar-refractivity contribution in [1.29, 1.82) is 0 Å². The van der Waals surface area contributed by atoms with E-state index < -0.39 is 0 Å². The fraction of sp³-hybridized carbons (Fsp3) is 0.444. The summed E-state index contributed by atoms with van der Waals surface area (Å²) < 4.78 is 5.71. The molecule has 6 heteroatoms. The maximum absolute atomic E-state index is 12.3. The van der Waals surface area contributed by atoms with Crippen molar-refractivity contribution >= 4 is 17.8 Å². The average molecular weight is 345 g/mol. The van der Waals surface area contributed by atoms with E-state index in [0.717, 1.165) is 18.4 Å². The zero-order valence-corrected chi connectivity index (χ0v) is 14.9. The predicted molar refractivity (Wildman–Crippen MR) is 96.9 cm³/mol. The van der Waals surface area contributed by atoms with Gasteiger partial charge in [-0.15, -0.1) is 0 Å². The number of hydrogen-bond acceptors (Lipinski definition) is 4. The van der Waals surface area contributed by atoms with E-state index in [-0.39, 0.29) is 6.03 Å². The van der Waals surface area contributed by atoms with E-state index in [2.05, 4.69) is 16.6 Å². The minimum atomic E-state index is -0.0683. The molecule has 3 rings (SSSR count). The van der Waals surface area contributed by atoms with E-state index in [0.29, 0.717) is 29.5 Å². The van der Waals surface area contributed by atoms with Gasteiger partial charge in [0.2, 0.25) is 5.89 Å². The van der Waals surface area contributed by atoms with Gasteiger partial charge in [-0.3, -0.25) is 0 Å². The third-order valence-electron chi connectivity index (χ3n) is 4.56. The Morgan fingerprint density at radius 3 is 2.88 bits per heavy atom. The highest BCUT2D eigenvalue weighted by atomic mass is 32.2. The highest BCUT2D eigenvalue weighted by molar-refractivity contribution is 7.99. The number of oxazole rings is 1. The number of carbonyl (C=O) groups excluding carboxylic acids is 1. The fourth-order valence-electron chi connectivity index (χ4n) is 3.05. The first kappa shape index (κ1) is 16.9. The first-order valence-corrected chi connectivity index (χ1v) is 9.49. The van der Waals surface area contributed by atoms with Crippen molar-refractivity contribution in [2.24, 2.45) is 0 Å². The molecule has 0 spiro atoms. The molecule has 2 atom stereocenters. The van der Waals surface area contributed by atoms with Gasteiger partial charge in [0, 0.05) is 23.9 Å². The second kappa shape index (κ2) is 7.75. The van der Waals surface area contributed by atoms with Gasteiger partial charge in [0.1, 0.15) is 0 Å². The molecule has 1 aromatic carbocycles. The number of rotatable bonds is 5. The lowest BCUT2D eigenvalue weighted by Gasteiger charge is -2.24.